The van der Waals surface area contributed by atoms with Gasteiger partial charge in [-0.05, 0) is 25.3 Å². The summed E-state index contributed by atoms with van der Waals surface area (Å²) in [5, 5.41) is 8.95. The van der Waals surface area contributed by atoms with Crippen molar-refractivity contribution in [3.05, 3.63) is 11.8 Å². The molecule has 1 fully saturated rings. The molecule has 0 saturated carbocycles. The minimum atomic E-state index is 0.0135. The maximum Gasteiger partial charge on any atom is 0.131 e. The van der Waals surface area contributed by atoms with Gasteiger partial charge >= 0.3 is 0 Å². The van der Waals surface area contributed by atoms with E-state index in [4.69, 9.17) is 9.84 Å². The van der Waals surface area contributed by atoms with Crippen LogP contribution in [-0.4, -0.2) is 41.8 Å². The molecular formula is C10H16N2O2. The highest BCUT2D eigenvalue weighted by Crippen LogP contribution is 2.23. The van der Waals surface area contributed by atoms with Gasteiger partial charge in [0.05, 0.1) is 12.7 Å². The van der Waals surface area contributed by atoms with Gasteiger partial charge in [0.25, 0.3) is 0 Å². The quantitative estimate of drug-likeness (QED) is 0.708. The van der Waals surface area contributed by atoms with Crippen LogP contribution in [0, 0.1) is 0 Å². The largest absolute Gasteiger partial charge is 0.394 e. The molecule has 2 heterocycles. The molecule has 1 N–H and O–H groups in total. The lowest BCUT2D eigenvalue weighted by molar-refractivity contribution is -0.0497. The van der Waals surface area contributed by atoms with Crippen molar-refractivity contribution in [2.75, 3.05) is 13.3 Å². The Kier molecular flexibility index (Phi) is 2.84. The molecule has 1 saturated heterocycles. The normalized spacial score (nSPS) is 32.1. The Hall–Kier alpha value is -0.870. The number of ether oxygens (including phenoxy) is 1. The van der Waals surface area contributed by atoms with E-state index in [2.05, 4.69) is 16.1 Å². The maximum atomic E-state index is 8.95. The van der Waals surface area contributed by atoms with Gasteiger partial charge in [0, 0.05) is 12.4 Å². The van der Waals surface area contributed by atoms with Crippen LogP contribution in [0.15, 0.2) is 16.8 Å². The lowest BCUT2D eigenvalue weighted by Gasteiger charge is -2.27. The zero-order chi connectivity index (χ0) is 9.97. The first kappa shape index (κ1) is 9.68. The van der Waals surface area contributed by atoms with Crippen molar-refractivity contribution in [2.45, 2.75) is 32.1 Å². The van der Waals surface area contributed by atoms with E-state index in [1.165, 1.54) is 0 Å². The van der Waals surface area contributed by atoms with Gasteiger partial charge < -0.3 is 14.7 Å². The average molecular weight is 196 g/mol. The van der Waals surface area contributed by atoms with Crippen LogP contribution in [0.3, 0.4) is 0 Å². The van der Waals surface area contributed by atoms with Gasteiger partial charge in [0.2, 0.25) is 0 Å². The van der Waals surface area contributed by atoms with Crippen molar-refractivity contribution in [3.63, 3.8) is 0 Å². The molecule has 0 amide bonds. The number of hydrogen-bond donors (Lipinski definition) is 1. The minimum Gasteiger partial charge on any atom is -0.394 e. The van der Waals surface area contributed by atoms with Gasteiger partial charge in [-0.2, -0.15) is 0 Å². The predicted molar refractivity (Wildman–Crippen MR) is 53.9 cm³/mol. The molecule has 2 rings (SSSR count). The molecule has 14 heavy (non-hydrogen) atoms. The third-order valence-electron chi connectivity index (χ3n) is 2.57. The van der Waals surface area contributed by atoms with Crippen molar-refractivity contribution in [1.29, 1.82) is 0 Å². The van der Waals surface area contributed by atoms with Crippen LogP contribution >= 0.6 is 0 Å². The van der Waals surface area contributed by atoms with E-state index in [1.807, 2.05) is 13.1 Å². The molecular weight excluding hydrogens is 180 g/mol. The molecule has 0 aliphatic carbocycles. The van der Waals surface area contributed by atoms with Crippen LogP contribution in [0.4, 0.5) is 0 Å². The number of hydrogen-bond acceptors (Lipinski definition) is 4. The number of aliphatic imine (C=N–C) groups is 1. The van der Waals surface area contributed by atoms with Crippen LogP contribution in [-0.2, 0) is 4.74 Å². The summed E-state index contributed by atoms with van der Waals surface area (Å²) in [6.07, 6.45) is 5.96. The Balaban J connectivity index is 1.94. The van der Waals surface area contributed by atoms with Crippen LogP contribution in [0.25, 0.3) is 0 Å². The summed E-state index contributed by atoms with van der Waals surface area (Å²) in [7, 11) is 0. The first-order valence-electron chi connectivity index (χ1n) is 5.00. The number of nitrogens with zero attached hydrogens (tertiary/aromatic N) is 2. The summed E-state index contributed by atoms with van der Waals surface area (Å²) in [4.78, 5) is 6.31. The SMILES string of the molecule is CC1=CN(C2CCC(CO)O2)CN=C1. The fraction of sp³-hybridized carbons (Fsp3) is 0.700. The van der Waals surface area contributed by atoms with Gasteiger partial charge in [-0.25, -0.2) is 0 Å². The molecule has 0 aromatic heterocycles. The van der Waals surface area contributed by atoms with Crippen molar-refractivity contribution < 1.29 is 9.84 Å². The van der Waals surface area contributed by atoms with Gasteiger partial charge in [0.1, 0.15) is 12.9 Å². The first-order chi connectivity index (χ1) is 6.79. The van der Waals surface area contributed by atoms with Crippen LogP contribution in [0.2, 0.25) is 0 Å². The Morgan fingerprint density at radius 2 is 2.50 bits per heavy atom. The van der Waals surface area contributed by atoms with Gasteiger partial charge in [0.15, 0.2) is 0 Å². The summed E-state index contributed by atoms with van der Waals surface area (Å²) in [5.74, 6) is 0. The average Bonchev–Trinajstić information content (AvgIpc) is 2.66. The third-order valence-corrected chi connectivity index (χ3v) is 2.57. The highest BCUT2D eigenvalue weighted by molar-refractivity contribution is 5.78. The van der Waals surface area contributed by atoms with E-state index in [-0.39, 0.29) is 18.9 Å². The molecule has 0 aromatic carbocycles. The molecule has 2 aliphatic rings. The fourth-order valence-electron chi connectivity index (χ4n) is 1.85. The molecule has 0 spiro atoms. The Bertz CT molecular complexity index is 263. The number of aliphatic hydroxyl groups is 1. The van der Waals surface area contributed by atoms with Crippen molar-refractivity contribution in [1.82, 2.24) is 4.90 Å². The van der Waals surface area contributed by atoms with Crippen molar-refractivity contribution in [3.8, 4) is 0 Å². The third kappa shape index (κ3) is 1.96. The smallest absolute Gasteiger partial charge is 0.131 e. The highest BCUT2D eigenvalue weighted by atomic mass is 16.5. The number of rotatable bonds is 2. The molecule has 78 valence electrons. The Morgan fingerprint density at radius 1 is 1.64 bits per heavy atom. The van der Waals surface area contributed by atoms with Crippen LogP contribution in [0.5, 0.6) is 0 Å². The van der Waals surface area contributed by atoms with Gasteiger partial charge in [-0.3, -0.25) is 4.99 Å². The molecule has 0 bridgehead atoms. The zero-order valence-electron chi connectivity index (χ0n) is 8.39. The molecule has 0 aromatic rings. The van der Waals surface area contributed by atoms with E-state index in [0.717, 1.165) is 18.4 Å². The van der Waals surface area contributed by atoms with Gasteiger partial charge in [-0.1, -0.05) is 0 Å². The number of allylic oxidation sites excluding steroid dienone is 1. The second kappa shape index (κ2) is 4.11. The number of aliphatic hydroxyl groups excluding tert-OH is 1. The molecule has 2 unspecified atom stereocenters. The Morgan fingerprint density at radius 3 is 3.14 bits per heavy atom. The second-order valence-electron chi connectivity index (χ2n) is 3.81. The molecule has 4 heteroatoms. The van der Waals surface area contributed by atoms with Crippen molar-refractivity contribution in [2.24, 2.45) is 4.99 Å². The summed E-state index contributed by atoms with van der Waals surface area (Å²) in [6.45, 7) is 2.81. The topological polar surface area (TPSA) is 45.1 Å². The highest BCUT2D eigenvalue weighted by Gasteiger charge is 2.28. The van der Waals surface area contributed by atoms with Crippen LogP contribution < -0.4 is 0 Å². The van der Waals surface area contributed by atoms with E-state index >= 15 is 0 Å². The molecule has 2 aliphatic heterocycles. The fourth-order valence-corrected chi connectivity index (χ4v) is 1.85. The van der Waals surface area contributed by atoms with E-state index in [9.17, 15) is 0 Å². The predicted octanol–water partition coefficient (Wildman–Crippen LogP) is 0.732. The van der Waals surface area contributed by atoms with Crippen molar-refractivity contribution >= 4 is 6.21 Å². The molecule has 0 radical (unpaired) electrons. The summed E-state index contributed by atoms with van der Waals surface area (Å²) < 4.78 is 5.66. The molecule has 4 nitrogen and oxygen atoms in total. The summed E-state index contributed by atoms with van der Waals surface area (Å²) in [6, 6.07) is 0. The monoisotopic (exact) mass is 196 g/mol. The zero-order valence-corrected chi connectivity index (χ0v) is 8.39. The lowest BCUT2D eigenvalue weighted by Crippen LogP contribution is -2.33. The Labute approximate surface area is 83.9 Å². The second-order valence-corrected chi connectivity index (χ2v) is 3.81. The minimum absolute atomic E-state index is 0.0135. The maximum absolute atomic E-state index is 8.95. The van der Waals surface area contributed by atoms with E-state index in [1.54, 1.807) is 0 Å². The first-order valence-corrected chi connectivity index (χ1v) is 5.00. The van der Waals surface area contributed by atoms with E-state index in [0.29, 0.717) is 6.67 Å². The summed E-state index contributed by atoms with van der Waals surface area (Å²) >= 11 is 0. The van der Waals surface area contributed by atoms with Gasteiger partial charge in [-0.15, -0.1) is 0 Å². The summed E-state index contributed by atoms with van der Waals surface area (Å²) in [5.41, 5.74) is 1.15. The van der Waals surface area contributed by atoms with Crippen LogP contribution in [0.1, 0.15) is 19.8 Å². The lowest BCUT2D eigenvalue weighted by atomic mass is 10.2. The van der Waals surface area contributed by atoms with E-state index < -0.39 is 0 Å². The molecule has 2 atom stereocenters. The standard InChI is InChI=1S/C10H16N2O2/c1-8-4-11-7-12(5-8)10-3-2-9(6-13)14-10/h4-5,9-10,13H,2-3,6-7H2,1H3.